The molecule has 1 N–H and O–H groups in total. The molecule has 2 aliphatic rings. The van der Waals surface area contributed by atoms with Crippen molar-refractivity contribution >= 4 is 17.5 Å². The van der Waals surface area contributed by atoms with Crippen LogP contribution in [0.1, 0.15) is 62.7 Å². The lowest BCUT2D eigenvalue weighted by Crippen LogP contribution is -2.60. The fourth-order valence-corrected chi connectivity index (χ4v) is 5.89. The number of rotatable bonds is 9. The predicted molar refractivity (Wildman–Crippen MR) is 146 cm³/mol. The number of carbonyl (C=O) groups excluding carboxylic acids is 2. The van der Waals surface area contributed by atoms with Gasteiger partial charge in [0.2, 0.25) is 5.91 Å². The topological polar surface area (TPSA) is 71.1 Å². The number of piperidine rings is 2. The summed E-state index contributed by atoms with van der Waals surface area (Å²) in [6.07, 6.45) is 6.33. The van der Waals surface area contributed by atoms with Crippen LogP contribution in [-0.2, 0) is 4.79 Å². The lowest BCUT2D eigenvalue weighted by molar-refractivity contribution is -0.126. The second kappa shape index (κ2) is 12.0. The summed E-state index contributed by atoms with van der Waals surface area (Å²) in [5, 5.41) is 3.06. The highest BCUT2D eigenvalue weighted by molar-refractivity contribution is 6.03. The highest BCUT2D eigenvalue weighted by atomic mass is 16.5. The number of methoxy groups -OCH3 is 2. The van der Waals surface area contributed by atoms with Crippen LogP contribution in [0.25, 0.3) is 0 Å². The molecular formula is C30H41N3O4. The van der Waals surface area contributed by atoms with Crippen molar-refractivity contribution in [1.82, 2.24) is 9.80 Å². The summed E-state index contributed by atoms with van der Waals surface area (Å²) in [4.78, 5) is 32.5. The van der Waals surface area contributed by atoms with E-state index in [0.717, 1.165) is 32.4 Å². The van der Waals surface area contributed by atoms with Crippen LogP contribution in [0.15, 0.2) is 48.5 Å². The van der Waals surface area contributed by atoms with Gasteiger partial charge in [-0.1, -0.05) is 31.5 Å². The molecular weight excluding hydrogens is 466 g/mol. The van der Waals surface area contributed by atoms with E-state index in [1.807, 2.05) is 49.1 Å². The van der Waals surface area contributed by atoms with Crippen LogP contribution in [0.3, 0.4) is 0 Å². The minimum absolute atomic E-state index is 0.101. The fourth-order valence-electron chi connectivity index (χ4n) is 5.89. The van der Waals surface area contributed by atoms with E-state index < -0.39 is 5.54 Å². The first kappa shape index (κ1) is 27.0. The third-order valence-electron chi connectivity index (χ3n) is 8.29. The zero-order chi connectivity index (χ0) is 26.4. The first-order valence-corrected chi connectivity index (χ1v) is 13.5. The van der Waals surface area contributed by atoms with Crippen LogP contribution in [0.4, 0.5) is 5.69 Å². The molecule has 7 nitrogen and oxygen atoms in total. The van der Waals surface area contributed by atoms with Gasteiger partial charge < -0.3 is 24.6 Å². The Bertz CT molecular complexity index is 1050. The molecule has 0 aromatic heterocycles. The summed E-state index contributed by atoms with van der Waals surface area (Å²) in [6.45, 7) is 6.70. The van der Waals surface area contributed by atoms with E-state index >= 15 is 0 Å². The number of ether oxygens (including phenoxy) is 2. The van der Waals surface area contributed by atoms with Crippen LogP contribution < -0.4 is 14.8 Å². The molecule has 2 fully saturated rings. The average molecular weight is 508 g/mol. The molecule has 2 amide bonds. The maximum absolute atomic E-state index is 14.0. The van der Waals surface area contributed by atoms with Crippen molar-refractivity contribution in [3.8, 4) is 11.5 Å². The summed E-state index contributed by atoms with van der Waals surface area (Å²) in [5.41, 5.74) is 0.138. The first-order valence-electron chi connectivity index (χ1n) is 13.5. The number of amides is 2. The molecule has 2 aliphatic heterocycles. The standard InChI is InChI=1S/C30H41N3O4/c1-5-30(2,29(35)31-24-18-25(36-3)20-26(19-24)37-4)33(28(34)22-12-7-6-8-13-22)21-23-14-11-17-32-16-10-9-15-27(23)32/h6-8,12-13,18-20,23,27H,5,9-11,14-17,21H2,1-4H3,(H,31,35)/t23-,27+,30-/m1/s1. The number of hydrogen-bond acceptors (Lipinski definition) is 5. The molecule has 0 bridgehead atoms. The molecule has 0 radical (unpaired) electrons. The molecule has 2 aromatic rings. The number of anilines is 1. The van der Waals surface area contributed by atoms with Gasteiger partial charge in [0.1, 0.15) is 17.0 Å². The quantitative estimate of drug-likeness (QED) is 0.504. The smallest absolute Gasteiger partial charge is 0.254 e. The minimum atomic E-state index is -1.04. The summed E-state index contributed by atoms with van der Waals surface area (Å²) < 4.78 is 10.8. The van der Waals surface area contributed by atoms with Gasteiger partial charge >= 0.3 is 0 Å². The monoisotopic (exact) mass is 507 g/mol. The molecule has 0 spiro atoms. The SMILES string of the molecule is CC[C@](C)(C(=O)Nc1cc(OC)cc(OC)c1)N(C[C@H]1CCCN2CCCC[C@@H]12)C(=O)c1ccccc1. The highest BCUT2D eigenvalue weighted by Gasteiger charge is 2.44. The Morgan fingerprint density at radius 1 is 1.00 bits per heavy atom. The van der Waals surface area contributed by atoms with E-state index in [1.54, 1.807) is 32.4 Å². The largest absolute Gasteiger partial charge is 0.497 e. The Labute approximate surface area is 221 Å². The number of hydrogen-bond donors (Lipinski definition) is 1. The predicted octanol–water partition coefficient (Wildman–Crippen LogP) is 5.22. The first-order chi connectivity index (χ1) is 17.9. The van der Waals surface area contributed by atoms with Crippen molar-refractivity contribution in [2.75, 3.05) is 39.2 Å². The lowest BCUT2D eigenvalue weighted by Gasteiger charge is -2.48. The number of nitrogens with one attached hydrogen (secondary N) is 1. The van der Waals surface area contributed by atoms with E-state index in [-0.39, 0.29) is 11.8 Å². The maximum atomic E-state index is 14.0. The van der Waals surface area contributed by atoms with Crippen molar-refractivity contribution in [2.45, 2.75) is 64.0 Å². The molecule has 200 valence electrons. The molecule has 0 aliphatic carbocycles. The summed E-state index contributed by atoms with van der Waals surface area (Å²) in [7, 11) is 3.16. The van der Waals surface area contributed by atoms with Gasteiger partial charge in [-0.15, -0.1) is 0 Å². The maximum Gasteiger partial charge on any atom is 0.254 e. The van der Waals surface area contributed by atoms with Gasteiger partial charge in [-0.05, 0) is 70.2 Å². The van der Waals surface area contributed by atoms with Crippen molar-refractivity contribution in [2.24, 2.45) is 5.92 Å². The molecule has 37 heavy (non-hydrogen) atoms. The number of benzene rings is 2. The van der Waals surface area contributed by atoms with E-state index in [1.165, 1.54) is 12.8 Å². The van der Waals surface area contributed by atoms with Gasteiger partial charge in [0.15, 0.2) is 0 Å². The molecule has 2 heterocycles. The number of fused-ring (bicyclic) bond motifs is 1. The molecule has 3 atom stereocenters. The van der Waals surface area contributed by atoms with Crippen LogP contribution in [-0.4, -0.2) is 67.0 Å². The van der Waals surface area contributed by atoms with Crippen molar-refractivity contribution < 1.29 is 19.1 Å². The molecule has 0 saturated carbocycles. The third-order valence-corrected chi connectivity index (χ3v) is 8.29. The molecule has 4 rings (SSSR count). The molecule has 0 unspecified atom stereocenters. The summed E-state index contributed by atoms with van der Waals surface area (Å²) >= 11 is 0. The van der Waals surface area contributed by atoms with Crippen molar-refractivity contribution in [3.63, 3.8) is 0 Å². The van der Waals surface area contributed by atoms with E-state index in [0.29, 0.717) is 47.7 Å². The molecule has 2 aromatic carbocycles. The second-order valence-electron chi connectivity index (χ2n) is 10.5. The van der Waals surface area contributed by atoms with E-state index in [9.17, 15) is 9.59 Å². The lowest BCUT2D eigenvalue weighted by atomic mass is 9.81. The van der Waals surface area contributed by atoms with E-state index in [2.05, 4.69) is 10.2 Å². The summed E-state index contributed by atoms with van der Waals surface area (Å²) in [6, 6.07) is 15.1. The van der Waals surface area contributed by atoms with Crippen LogP contribution in [0.5, 0.6) is 11.5 Å². The van der Waals surface area contributed by atoms with Gasteiger partial charge in [-0.25, -0.2) is 0 Å². The van der Waals surface area contributed by atoms with Crippen LogP contribution >= 0.6 is 0 Å². The van der Waals surface area contributed by atoms with Crippen molar-refractivity contribution in [3.05, 3.63) is 54.1 Å². The van der Waals surface area contributed by atoms with Crippen molar-refractivity contribution in [1.29, 1.82) is 0 Å². The van der Waals surface area contributed by atoms with Crippen LogP contribution in [0.2, 0.25) is 0 Å². The highest BCUT2D eigenvalue weighted by Crippen LogP contribution is 2.35. The van der Waals surface area contributed by atoms with Gasteiger partial charge in [0, 0.05) is 42.0 Å². The average Bonchev–Trinajstić information content (AvgIpc) is 2.95. The minimum Gasteiger partial charge on any atom is -0.497 e. The van der Waals surface area contributed by atoms with Gasteiger partial charge in [-0.2, -0.15) is 0 Å². The van der Waals surface area contributed by atoms with Gasteiger partial charge in [0.05, 0.1) is 14.2 Å². The van der Waals surface area contributed by atoms with Gasteiger partial charge in [-0.3, -0.25) is 9.59 Å². The number of nitrogens with zero attached hydrogens (tertiary/aromatic N) is 2. The Hall–Kier alpha value is -3.06. The molecule has 2 saturated heterocycles. The third kappa shape index (κ3) is 5.93. The van der Waals surface area contributed by atoms with Gasteiger partial charge in [0.25, 0.3) is 5.91 Å². The fraction of sp³-hybridized carbons (Fsp3) is 0.533. The Morgan fingerprint density at radius 3 is 2.32 bits per heavy atom. The zero-order valence-corrected chi connectivity index (χ0v) is 22.7. The Kier molecular flexibility index (Phi) is 8.75. The second-order valence-corrected chi connectivity index (χ2v) is 10.5. The Balaban J connectivity index is 1.66. The molecule has 7 heteroatoms. The van der Waals surface area contributed by atoms with E-state index in [4.69, 9.17) is 9.47 Å². The summed E-state index contributed by atoms with van der Waals surface area (Å²) in [5.74, 6) is 1.20. The van der Waals surface area contributed by atoms with Crippen LogP contribution in [0, 0.1) is 5.92 Å². The number of carbonyl (C=O) groups is 2. The zero-order valence-electron chi connectivity index (χ0n) is 22.7. The normalized spacial score (nSPS) is 21.3. The Morgan fingerprint density at radius 2 is 1.68 bits per heavy atom.